The molecule has 1 saturated heterocycles. The SMILES string of the molecule is Fc1ccc2c(c1C1CCCN1)OCCCO2. The lowest BCUT2D eigenvalue weighted by Gasteiger charge is -2.18. The van der Waals surface area contributed by atoms with Gasteiger partial charge in [-0.05, 0) is 31.5 Å². The van der Waals surface area contributed by atoms with E-state index in [9.17, 15) is 4.39 Å². The second-order valence-corrected chi connectivity index (χ2v) is 4.49. The Labute approximate surface area is 99.9 Å². The molecule has 3 nitrogen and oxygen atoms in total. The Morgan fingerprint density at radius 1 is 1.18 bits per heavy atom. The van der Waals surface area contributed by atoms with Crippen molar-refractivity contribution < 1.29 is 13.9 Å². The molecule has 92 valence electrons. The molecule has 1 aromatic carbocycles. The molecule has 4 heteroatoms. The van der Waals surface area contributed by atoms with Gasteiger partial charge in [0.2, 0.25) is 0 Å². The lowest BCUT2D eigenvalue weighted by Crippen LogP contribution is -2.16. The summed E-state index contributed by atoms with van der Waals surface area (Å²) in [5, 5.41) is 3.31. The molecule has 1 fully saturated rings. The van der Waals surface area contributed by atoms with Gasteiger partial charge in [-0.1, -0.05) is 0 Å². The maximum Gasteiger partial charge on any atom is 0.168 e. The highest BCUT2D eigenvalue weighted by Gasteiger charge is 2.27. The molecule has 0 radical (unpaired) electrons. The number of ether oxygens (including phenoxy) is 2. The quantitative estimate of drug-likeness (QED) is 0.813. The van der Waals surface area contributed by atoms with Crippen molar-refractivity contribution in [2.24, 2.45) is 0 Å². The summed E-state index contributed by atoms with van der Waals surface area (Å²) in [6.07, 6.45) is 2.87. The van der Waals surface area contributed by atoms with Crippen LogP contribution in [0.1, 0.15) is 30.9 Å². The van der Waals surface area contributed by atoms with Crippen LogP contribution in [-0.4, -0.2) is 19.8 Å². The summed E-state index contributed by atoms with van der Waals surface area (Å²) in [6.45, 7) is 2.17. The molecule has 1 unspecified atom stereocenters. The zero-order valence-electron chi connectivity index (χ0n) is 9.67. The minimum atomic E-state index is -0.200. The van der Waals surface area contributed by atoms with Gasteiger partial charge in [-0.25, -0.2) is 4.39 Å². The summed E-state index contributed by atoms with van der Waals surface area (Å²) in [6, 6.07) is 3.20. The number of rotatable bonds is 1. The standard InChI is InChI=1S/C13H16FNO2/c14-9-4-5-11-13(17-8-2-7-16-11)12(9)10-3-1-6-15-10/h4-5,10,15H,1-3,6-8H2. The molecule has 2 aliphatic heterocycles. The summed E-state index contributed by atoms with van der Waals surface area (Å²) in [5.41, 5.74) is 0.641. The predicted molar refractivity (Wildman–Crippen MR) is 62.0 cm³/mol. The monoisotopic (exact) mass is 237 g/mol. The first-order valence-electron chi connectivity index (χ1n) is 6.17. The van der Waals surface area contributed by atoms with E-state index >= 15 is 0 Å². The summed E-state index contributed by atoms with van der Waals surface area (Å²) in [4.78, 5) is 0. The van der Waals surface area contributed by atoms with Crippen LogP contribution in [0.15, 0.2) is 12.1 Å². The Hall–Kier alpha value is -1.29. The fourth-order valence-electron chi connectivity index (χ4n) is 2.49. The highest BCUT2D eigenvalue weighted by molar-refractivity contribution is 5.49. The minimum absolute atomic E-state index is 0.0617. The lowest BCUT2D eigenvalue weighted by molar-refractivity contribution is 0.295. The number of benzene rings is 1. The third kappa shape index (κ3) is 1.97. The van der Waals surface area contributed by atoms with E-state index < -0.39 is 0 Å². The Balaban J connectivity index is 2.05. The van der Waals surface area contributed by atoms with E-state index in [-0.39, 0.29) is 11.9 Å². The van der Waals surface area contributed by atoms with Crippen LogP contribution in [0.3, 0.4) is 0 Å². The Morgan fingerprint density at radius 2 is 2.06 bits per heavy atom. The molecule has 0 aliphatic carbocycles. The number of hydrogen-bond donors (Lipinski definition) is 1. The molecule has 2 heterocycles. The van der Waals surface area contributed by atoms with E-state index in [1.54, 1.807) is 6.07 Å². The fraction of sp³-hybridized carbons (Fsp3) is 0.538. The highest BCUT2D eigenvalue weighted by Crippen LogP contribution is 2.40. The molecule has 2 aliphatic rings. The van der Waals surface area contributed by atoms with E-state index in [1.165, 1.54) is 6.07 Å². The Bertz CT molecular complexity index is 416. The van der Waals surface area contributed by atoms with E-state index in [2.05, 4.69) is 5.32 Å². The topological polar surface area (TPSA) is 30.5 Å². The first kappa shape index (κ1) is 10.8. The van der Waals surface area contributed by atoms with Gasteiger partial charge in [-0.3, -0.25) is 0 Å². The number of hydrogen-bond acceptors (Lipinski definition) is 3. The predicted octanol–water partition coefficient (Wildman–Crippen LogP) is 2.41. The van der Waals surface area contributed by atoms with Crippen molar-refractivity contribution in [3.63, 3.8) is 0 Å². The van der Waals surface area contributed by atoms with Crippen molar-refractivity contribution in [2.45, 2.75) is 25.3 Å². The Kier molecular flexibility index (Phi) is 2.89. The largest absolute Gasteiger partial charge is 0.490 e. The van der Waals surface area contributed by atoms with Crippen LogP contribution >= 0.6 is 0 Å². The first-order chi connectivity index (χ1) is 8.36. The Morgan fingerprint density at radius 3 is 2.88 bits per heavy atom. The van der Waals surface area contributed by atoms with E-state index in [0.29, 0.717) is 30.3 Å². The fourth-order valence-corrected chi connectivity index (χ4v) is 2.49. The zero-order valence-corrected chi connectivity index (χ0v) is 9.67. The van der Waals surface area contributed by atoms with Crippen molar-refractivity contribution in [3.8, 4) is 11.5 Å². The van der Waals surface area contributed by atoms with Gasteiger partial charge < -0.3 is 14.8 Å². The van der Waals surface area contributed by atoms with E-state index in [4.69, 9.17) is 9.47 Å². The van der Waals surface area contributed by atoms with E-state index in [1.807, 2.05) is 0 Å². The van der Waals surface area contributed by atoms with Gasteiger partial charge in [0.1, 0.15) is 5.82 Å². The van der Waals surface area contributed by atoms with Gasteiger partial charge in [-0.15, -0.1) is 0 Å². The smallest absolute Gasteiger partial charge is 0.168 e. The molecule has 0 amide bonds. The molecule has 3 rings (SSSR count). The maximum atomic E-state index is 14.0. The molecular formula is C13H16FNO2. The van der Waals surface area contributed by atoms with Crippen molar-refractivity contribution in [3.05, 3.63) is 23.5 Å². The van der Waals surface area contributed by atoms with Gasteiger partial charge in [0, 0.05) is 12.5 Å². The summed E-state index contributed by atoms with van der Waals surface area (Å²) >= 11 is 0. The first-order valence-corrected chi connectivity index (χ1v) is 6.17. The molecule has 1 atom stereocenters. The van der Waals surface area contributed by atoms with Crippen molar-refractivity contribution >= 4 is 0 Å². The van der Waals surface area contributed by atoms with Crippen LogP contribution in [0.25, 0.3) is 0 Å². The summed E-state index contributed by atoms with van der Waals surface area (Å²) < 4.78 is 25.2. The van der Waals surface area contributed by atoms with Crippen LogP contribution in [-0.2, 0) is 0 Å². The van der Waals surface area contributed by atoms with Crippen LogP contribution in [0.4, 0.5) is 4.39 Å². The number of halogens is 1. The number of nitrogens with one attached hydrogen (secondary N) is 1. The average Bonchev–Trinajstić information content (AvgIpc) is 2.74. The van der Waals surface area contributed by atoms with Crippen LogP contribution in [0.5, 0.6) is 11.5 Å². The normalized spacial score (nSPS) is 23.5. The third-order valence-electron chi connectivity index (χ3n) is 3.31. The van der Waals surface area contributed by atoms with E-state index in [0.717, 1.165) is 25.8 Å². The molecule has 0 spiro atoms. The highest BCUT2D eigenvalue weighted by atomic mass is 19.1. The van der Waals surface area contributed by atoms with Gasteiger partial charge in [0.15, 0.2) is 11.5 Å². The van der Waals surface area contributed by atoms with Gasteiger partial charge in [0.25, 0.3) is 0 Å². The van der Waals surface area contributed by atoms with Crippen molar-refractivity contribution in [1.29, 1.82) is 0 Å². The molecule has 17 heavy (non-hydrogen) atoms. The lowest BCUT2D eigenvalue weighted by atomic mass is 10.0. The van der Waals surface area contributed by atoms with Crippen molar-refractivity contribution in [2.75, 3.05) is 19.8 Å². The molecule has 0 aromatic heterocycles. The number of fused-ring (bicyclic) bond motifs is 1. The second kappa shape index (κ2) is 4.53. The van der Waals surface area contributed by atoms with Crippen LogP contribution < -0.4 is 14.8 Å². The molecule has 1 aromatic rings. The molecule has 0 bridgehead atoms. The van der Waals surface area contributed by atoms with Crippen LogP contribution in [0.2, 0.25) is 0 Å². The minimum Gasteiger partial charge on any atom is -0.490 e. The average molecular weight is 237 g/mol. The van der Waals surface area contributed by atoms with Crippen molar-refractivity contribution in [1.82, 2.24) is 5.32 Å². The van der Waals surface area contributed by atoms with Gasteiger partial charge >= 0.3 is 0 Å². The third-order valence-corrected chi connectivity index (χ3v) is 3.31. The van der Waals surface area contributed by atoms with Gasteiger partial charge in [-0.2, -0.15) is 0 Å². The second-order valence-electron chi connectivity index (χ2n) is 4.49. The van der Waals surface area contributed by atoms with Gasteiger partial charge in [0.05, 0.1) is 18.8 Å². The maximum absolute atomic E-state index is 14.0. The summed E-state index contributed by atoms with van der Waals surface area (Å²) in [5.74, 6) is 1.07. The molecular weight excluding hydrogens is 221 g/mol. The molecule has 0 saturated carbocycles. The zero-order chi connectivity index (χ0) is 11.7. The summed E-state index contributed by atoms with van der Waals surface area (Å²) in [7, 11) is 0. The van der Waals surface area contributed by atoms with Crippen LogP contribution in [0, 0.1) is 5.82 Å². The molecule has 1 N–H and O–H groups in total.